The second-order valence-electron chi connectivity index (χ2n) is 11.2. The van der Waals surface area contributed by atoms with Crippen LogP contribution in [-0.2, 0) is 23.9 Å². The quantitative estimate of drug-likeness (QED) is 0.652. The predicted molar refractivity (Wildman–Crippen MR) is 116 cm³/mol. The van der Waals surface area contributed by atoms with E-state index in [0.717, 1.165) is 18.9 Å². The van der Waals surface area contributed by atoms with Gasteiger partial charge in [-0.05, 0) is 38.3 Å². The number of benzene rings is 1. The van der Waals surface area contributed by atoms with Crippen molar-refractivity contribution in [1.82, 2.24) is 10.6 Å². The lowest BCUT2D eigenvalue weighted by molar-refractivity contribution is -0.214. The summed E-state index contributed by atoms with van der Waals surface area (Å²) in [4.78, 5) is 25.7. The molecule has 2 N–H and O–H groups in total. The molecule has 2 saturated carbocycles. The minimum absolute atomic E-state index is 0.0396. The van der Waals surface area contributed by atoms with Crippen LogP contribution in [0.3, 0.4) is 0 Å². The fourth-order valence-corrected chi connectivity index (χ4v) is 7.39. The number of alkyl halides is 3. The van der Waals surface area contributed by atoms with Gasteiger partial charge in [0.1, 0.15) is 11.4 Å². The van der Waals surface area contributed by atoms with Gasteiger partial charge in [0.2, 0.25) is 0 Å². The number of carbonyl (C=O) groups is 2. The lowest BCUT2D eigenvalue weighted by atomic mass is 9.43. The minimum atomic E-state index is -4.60. The Morgan fingerprint density at radius 3 is 2.48 bits per heavy atom. The van der Waals surface area contributed by atoms with E-state index in [1.165, 1.54) is 0 Å². The van der Waals surface area contributed by atoms with E-state index in [1.54, 1.807) is 7.05 Å². The number of carbonyl (C=O) groups excluding carboxylic acids is 2. The van der Waals surface area contributed by atoms with Gasteiger partial charge in [0.25, 0.3) is 5.91 Å². The summed E-state index contributed by atoms with van der Waals surface area (Å²) in [6.07, 6.45) is -2.38. The molecule has 2 aliphatic heterocycles. The summed E-state index contributed by atoms with van der Waals surface area (Å²) in [5, 5.41) is 5.81. The average molecular weight is 465 g/mol. The Bertz CT molecular complexity index is 1070. The summed E-state index contributed by atoms with van der Waals surface area (Å²) < 4.78 is 49.5. The summed E-state index contributed by atoms with van der Waals surface area (Å²) in [6.45, 7) is 8.18. The molecule has 1 aromatic rings. The molecule has 8 heteroatoms. The van der Waals surface area contributed by atoms with E-state index in [4.69, 9.17) is 4.74 Å². The summed E-state index contributed by atoms with van der Waals surface area (Å²) in [7, 11) is 1.75. The molecule has 0 aromatic heterocycles. The molecule has 33 heavy (non-hydrogen) atoms. The number of halogens is 3. The van der Waals surface area contributed by atoms with Crippen LogP contribution in [0.1, 0.15) is 74.0 Å². The van der Waals surface area contributed by atoms with Crippen molar-refractivity contribution in [2.45, 2.75) is 77.7 Å². The molecule has 5 rings (SSSR count). The molecule has 0 unspecified atom stereocenters. The molecule has 2 aliphatic carbocycles. The number of rotatable bonds is 1. The van der Waals surface area contributed by atoms with Crippen LogP contribution in [0.5, 0.6) is 5.75 Å². The Morgan fingerprint density at radius 1 is 1.15 bits per heavy atom. The highest BCUT2D eigenvalue weighted by molar-refractivity contribution is 5.99. The van der Waals surface area contributed by atoms with Gasteiger partial charge < -0.3 is 15.4 Å². The molecule has 1 amide bonds. The Labute approximate surface area is 191 Å². The van der Waals surface area contributed by atoms with Crippen molar-refractivity contribution >= 4 is 11.7 Å². The number of ether oxygens (including phenoxy) is 1. The molecule has 0 saturated heterocycles. The maximum atomic E-state index is 14.2. The second kappa shape index (κ2) is 6.74. The molecule has 5 atom stereocenters. The number of nitrogens with one attached hydrogen (secondary N) is 2. The van der Waals surface area contributed by atoms with E-state index in [9.17, 15) is 22.8 Å². The minimum Gasteiger partial charge on any atom is -0.486 e. The van der Waals surface area contributed by atoms with Crippen LogP contribution in [0.2, 0.25) is 0 Å². The maximum absolute atomic E-state index is 14.2. The Hall–Kier alpha value is -2.09. The van der Waals surface area contributed by atoms with Gasteiger partial charge in [-0.15, -0.1) is 0 Å². The molecule has 1 aromatic carbocycles. The number of fused-ring (bicyclic) bond motifs is 3. The molecule has 2 heterocycles. The number of hydrogen-bond donors (Lipinski definition) is 2. The highest BCUT2D eigenvalue weighted by Crippen LogP contribution is 2.66. The van der Waals surface area contributed by atoms with Gasteiger partial charge >= 0.3 is 6.18 Å². The summed E-state index contributed by atoms with van der Waals surface area (Å²) >= 11 is 0. The van der Waals surface area contributed by atoms with Crippen LogP contribution in [0.15, 0.2) is 6.07 Å². The predicted octanol–water partition coefficient (Wildman–Crippen LogP) is 4.26. The summed E-state index contributed by atoms with van der Waals surface area (Å²) in [5.74, 6) is -0.203. The second-order valence-corrected chi connectivity index (χ2v) is 11.2. The van der Waals surface area contributed by atoms with E-state index in [2.05, 4.69) is 17.6 Å². The smallest absolute Gasteiger partial charge is 0.416 e. The van der Waals surface area contributed by atoms with Gasteiger partial charge in [-0.3, -0.25) is 9.59 Å². The largest absolute Gasteiger partial charge is 0.486 e. The first-order valence-electron chi connectivity index (χ1n) is 11.7. The summed E-state index contributed by atoms with van der Waals surface area (Å²) in [5.41, 5.74) is -2.19. The van der Waals surface area contributed by atoms with E-state index in [1.807, 2.05) is 20.8 Å². The van der Waals surface area contributed by atoms with Gasteiger partial charge in [0.15, 0.2) is 5.78 Å². The third-order valence-corrected chi connectivity index (χ3v) is 9.48. The van der Waals surface area contributed by atoms with Crippen LogP contribution in [0.4, 0.5) is 13.2 Å². The van der Waals surface area contributed by atoms with Crippen molar-refractivity contribution in [3.05, 3.63) is 28.3 Å². The van der Waals surface area contributed by atoms with Crippen molar-refractivity contribution in [2.24, 2.45) is 22.7 Å². The standard InChI is InChI=1S/C25H31F3N2O3/c1-12-6-7-18-22(2,3)20(31)17(29-5)10-24(18)23(12,4)9-14-16(25(26,27)28)8-13-15(19(14)33-24)11-30-21(13)32/h8,12,17-18,29H,6-7,9-11H2,1-5H3,(H,30,32)/t12-,17+,18-,23+,24-/m0/s1. The molecule has 4 aliphatic rings. The zero-order valence-corrected chi connectivity index (χ0v) is 19.7. The zero-order valence-electron chi connectivity index (χ0n) is 19.7. The zero-order chi connectivity index (χ0) is 24.1. The topological polar surface area (TPSA) is 67.4 Å². The van der Waals surface area contributed by atoms with E-state index < -0.39 is 40.1 Å². The molecule has 180 valence electrons. The first-order valence-corrected chi connectivity index (χ1v) is 11.7. The first kappa shape index (κ1) is 22.7. The van der Waals surface area contributed by atoms with Crippen molar-refractivity contribution < 1.29 is 27.5 Å². The number of amides is 1. The van der Waals surface area contributed by atoms with Crippen LogP contribution in [0.25, 0.3) is 0 Å². The number of likely N-dealkylation sites (N-methyl/N-ethyl adjacent to an activating group) is 1. The highest BCUT2D eigenvalue weighted by atomic mass is 19.4. The van der Waals surface area contributed by atoms with E-state index in [-0.39, 0.29) is 47.5 Å². The lowest BCUT2D eigenvalue weighted by Crippen LogP contribution is -2.73. The molecule has 0 radical (unpaired) electrons. The third-order valence-electron chi connectivity index (χ3n) is 9.48. The lowest BCUT2D eigenvalue weighted by Gasteiger charge is -2.66. The normalized spacial score (nSPS) is 36.8. The number of ketones is 1. The molecule has 2 fully saturated rings. The number of hydrogen-bond acceptors (Lipinski definition) is 4. The maximum Gasteiger partial charge on any atom is 0.416 e. The van der Waals surface area contributed by atoms with Crippen molar-refractivity contribution in [3.63, 3.8) is 0 Å². The van der Waals surface area contributed by atoms with Gasteiger partial charge in [-0.1, -0.05) is 27.7 Å². The van der Waals surface area contributed by atoms with Crippen LogP contribution >= 0.6 is 0 Å². The molecular formula is C25H31F3N2O3. The SMILES string of the molecule is CN[C@@H]1C[C@@]23Oc4c5c(cc(C(F)(F)F)c4C[C@]2(C)[C@@H](C)CC[C@H]3C(C)(C)C1=O)C(=O)NC5. The van der Waals surface area contributed by atoms with Gasteiger partial charge in [-0.25, -0.2) is 0 Å². The first-order chi connectivity index (χ1) is 15.3. The van der Waals surface area contributed by atoms with E-state index >= 15 is 0 Å². The Kier molecular flexibility index (Phi) is 4.63. The van der Waals surface area contributed by atoms with Crippen LogP contribution in [0, 0.1) is 22.7 Å². The third kappa shape index (κ3) is 2.76. The monoisotopic (exact) mass is 464 g/mol. The van der Waals surface area contributed by atoms with Crippen molar-refractivity contribution in [1.29, 1.82) is 0 Å². The van der Waals surface area contributed by atoms with Crippen LogP contribution < -0.4 is 15.4 Å². The summed E-state index contributed by atoms with van der Waals surface area (Å²) in [6, 6.07) is 0.553. The fourth-order valence-electron chi connectivity index (χ4n) is 7.39. The fraction of sp³-hybridized carbons (Fsp3) is 0.680. The van der Waals surface area contributed by atoms with Gasteiger partial charge in [-0.2, -0.15) is 13.2 Å². The Morgan fingerprint density at radius 2 is 1.85 bits per heavy atom. The van der Waals surface area contributed by atoms with E-state index in [0.29, 0.717) is 12.0 Å². The molecule has 5 nitrogen and oxygen atoms in total. The van der Waals surface area contributed by atoms with Crippen molar-refractivity contribution in [2.75, 3.05) is 7.05 Å². The average Bonchev–Trinajstić information content (AvgIpc) is 3.10. The molecular weight excluding hydrogens is 433 g/mol. The number of Topliss-reactive ketones (excluding diaryl/α,β-unsaturated/α-hetero) is 1. The van der Waals surface area contributed by atoms with Crippen molar-refractivity contribution in [3.8, 4) is 5.75 Å². The molecule has 0 bridgehead atoms. The molecule has 1 spiro atoms. The van der Waals surface area contributed by atoms with Crippen LogP contribution in [-0.4, -0.2) is 30.4 Å². The van der Waals surface area contributed by atoms with Gasteiger partial charge in [0, 0.05) is 46.4 Å². The Balaban J connectivity index is 1.79. The highest BCUT2D eigenvalue weighted by Gasteiger charge is 2.70. The van der Waals surface area contributed by atoms with Gasteiger partial charge in [0.05, 0.1) is 11.6 Å².